The summed E-state index contributed by atoms with van der Waals surface area (Å²) in [5.74, 6) is -0.894. The lowest BCUT2D eigenvalue weighted by Crippen LogP contribution is -2.18. The number of nitrogens with zero attached hydrogens (tertiary/aromatic N) is 1. The van der Waals surface area contributed by atoms with Gasteiger partial charge in [0.15, 0.2) is 0 Å². The second-order valence-corrected chi connectivity index (χ2v) is 5.89. The highest BCUT2D eigenvalue weighted by molar-refractivity contribution is 6.36. The molecule has 0 aliphatic rings. The van der Waals surface area contributed by atoms with Gasteiger partial charge >= 0.3 is 0 Å². The Bertz CT molecular complexity index is 846. The van der Waals surface area contributed by atoms with Crippen molar-refractivity contribution in [2.45, 2.75) is 6.42 Å². The fourth-order valence-corrected chi connectivity index (χ4v) is 2.47. The number of nitrogens with one attached hydrogen (secondary N) is 2. The highest BCUT2D eigenvalue weighted by Gasteiger charge is 2.11. The zero-order valence-electron chi connectivity index (χ0n) is 13.0. The van der Waals surface area contributed by atoms with E-state index in [1.54, 1.807) is 36.4 Å². The Morgan fingerprint density at radius 2 is 2.00 bits per heavy atom. The number of carbonyl (C=O) groups is 1. The molecule has 2 aromatic rings. The molecule has 2 rings (SSSR count). The summed E-state index contributed by atoms with van der Waals surface area (Å²) >= 11 is 11.8. The first-order valence-corrected chi connectivity index (χ1v) is 8.10. The van der Waals surface area contributed by atoms with Crippen molar-refractivity contribution in [2.75, 3.05) is 11.9 Å². The van der Waals surface area contributed by atoms with Crippen molar-refractivity contribution in [3.63, 3.8) is 0 Å². The predicted octanol–water partition coefficient (Wildman–Crippen LogP) is 4.31. The first-order valence-electron chi connectivity index (χ1n) is 7.34. The third-order valence-electron chi connectivity index (χ3n) is 3.29. The van der Waals surface area contributed by atoms with Gasteiger partial charge in [0.05, 0.1) is 10.7 Å². The fraction of sp³-hybridized carbons (Fsp3) is 0.111. The van der Waals surface area contributed by atoms with Crippen LogP contribution in [0.25, 0.3) is 0 Å². The van der Waals surface area contributed by atoms with Crippen molar-refractivity contribution in [3.05, 3.63) is 75.7 Å². The number of anilines is 1. The molecule has 7 heteroatoms. The van der Waals surface area contributed by atoms with Gasteiger partial charge in [-0.15, -0.1) is 0 Å². The predicted molar refractivity (Wildman–Crippen MR) is 96.9 cm³/mol. The van der Waals surface area contributed by atoms with Crippen molar-refractivity contribution < 1.29 is 9.18 Å². The number of carbonyl (C=O) groups excluding carboxylic acids is 1. The lowest BCUT2D eigenvalue weighted by Gasteiger charge is -2.07. The van der Waals surface area contributed by atoms with Gasteiger partial charge in [0.25, 0.3) is 5.91 Å². The molecule has 0 aliphatic heterocycles. The maximum absolute atomic E-state index is 13.5. The lowest BCUT2D eigenvalue weighted by atomic mass is 10.1. The Hall–Kier alpha value is -2.55. The van der Waals surface area contributed by atoms with E-state index < -0.39 is 5.91 Å². The van der Waals surface area contributed by atoms with Gasteiger partial charge in [-0.2, -0.15) is 5.26 Å². The minimum absolute atomic E-state index is 0.125. The minimum Gasteiger partial charge on any atom is -0.389 e. The van der Waals surface area contributed by atoms with Crippen LogP contribution in [-0.4, -0.2) is 12.5 Å². The highest BCUT2D eigenvalue weighted by Crippen LogP contribution is 2.25. The van der Waals surface area contributed by atoms with E-state index in [0.717, 1.165) is 0 Å². The summed E-state index contributed by atoms with van der Waals surface area (Å²) < 4.78 is 13.5. The molecule has 0 bridgehead atoms. The van der Waals surface area contributed by atoms with Crippen LogP contribution in [0, 0.1) is 17.1 Å². The van der Waals surface area contributed by atoms with Crippen LogP contribution in [0.1, 0.15) is 5.56 Å². The fourth-order valence-electron chi connectivity index (χ4n) is 2.01. The topological polar surface area (TPSA) is 64.9 Å². The van der Waals surface area contributed by atoms with Gasteiger partial charge in [0.2, 0.25) is 0 Å². The van der Waals surface area contributed by atoms with E-state index in [-0.39, 0.29) is 16.4 Å². The molecule has 2 N–H and O–H groups in total. The van der Waals surface area contributed by atoms with Crippen molar-refractivity contribution >= 4 is 34.8 Å². The van der Waals surface area contributed by atoms with E-state index in [4.69, 9.17) is 28.5 Å². The average Bonchev–Trinajstić information content (AvgIpc) is 2.59. The number of hydrogen-bond acceptors (Lipinski definition) is 3. The molecule has 0 fully saturated rings. The summed E-state index contributed by atoms with van der Waals surface area (Å²) in [6, 6.07) is 12.8. The SMILES string of the molecule is N#C/C(=C/NCCc1ccccc1F)C(=O)Nc1ccc(Cl)cc1Cl. The second kappa shape index (κ2) is 9.07. The molecule has 0 saturated carbocycles. The molecule has 0 aliphatic carbocycles. The smallest absolute Gasteiger partial charge is 0.267 e. The summed E-state index contributed by atoms with van der Waals surface area (Å²) in [5.41, 5.74) is 0.780. The van der Waals surface area contributed by atoms with Crippen LogP contribution in [0.3, 0.4) is 0 Å². The molecular weight excluding hydrogens is 364 g/mol. The molecule has 4 nitrogen and oxygen atoms in total. The van der Waals surface area contributed by atoms with E-state index in [1.807, 2.05) is 0 Å². The molecule has 0 spiro atoms. The molecule has 0 atom stereocenters. The van der Waals surface area contributed by atoms with Crippen molar-refractivity contribution in [1.82, 2.24) is 5.32 Å². The molecular formula is C18H14Cl2FN3O. The maximum atomic E-state index is 13.5. The quantitative estimate of drug-likeness (QED) is 0.447. The van der Waals surface area contributed by atoms with Crippen LogP contribution in [0.15, 0.2) is 54.2 Å². The van der Waals surface area contributed by atoms with Gasteiger partial charge in [0.1, 0.15) is 17.5 Å². The van der Waals surface area contributed by atoms with Gasteiger partial charge in [-0.3, -0.25) is 4.79 Å². The molecule has 0 saturated heterocycles. The van der Waals surface area contributed by atoms with Crippen molar-refractivity contribution in [2.24, 2.45) is 0 Å². The Morgan fingerprint density at radius 3 is 2.68 bits per heavy atom. The van der Waals surface area contributed by atoms with E-state index in [0.29, 0.717) is 29.2 Å². The standard InChI is InChI=1S/C18H14Cl2FN3O/c19-14-5-6-17(15(20)9-14)24-18(25)13(10-22)11-23-8-7-12-3-1-2-4-16(12)21/h1-6,9,11,23H,7-8H2,(H,24,25)/b13-11-. The summed E-state index contributed by atoms with van der Waals surface area (Å²) in [6.07, 6.45) is 1.71. The van der Waals surface area contributed by atoms with E-state index in [2.05, 4.69) is 10.6 Å². The molecule has 0 unspecified atom stereocenters. The molecule has 0 aromatic heterocycles. The summed E-state index contributed by atoms with van der Waals surface area (Å²) in [5, 5.41) is 15.2. The third-order valence-corrected chi connectivity index (χ3v) is 3.84. The van der Waals surface area contributed by atoms with Crippen LogP contribution in [-0.2, 0) is 11.2 Å². The van der Waals surface area contributed by atoms with Gasteiger partial charge < -0.3 is 10.6 Å². The zero-order chi connectivity index (χ0) is 18.2. The number of benzene rings is 2. The summed E-state index contributed by atoms with van der Waals surface area (Å²) in [4.78, 5) is 12.1. The lowest BCUT2D eigenvalue weighted by molar-refractivity contribution is -0.112. The Morgan fingerprint density at radius 1 is 1.24 bits per heavy atom. The monoisotopic (exact) mass is 377 g/mol. The molecule has 0 radical (unpaired) electrons. The van der Waals surface area contributed by atoms with Gasteiger partial charge in [-0.05, 0) is 36.2 Å². The third kappa shape index (κ3) is 5.49. The van der Waals surface area contributed by atoms with Crippen LogP contribution < -0.4 is 10.6 Å². The number of halogens is 3. The number of rotatable bonds is 6. The van der Waals surface area contributed by atoms with Crippen molar-refractivity contribution in [1.29, 1.82) is 5.26 Å². The Kier molecular flexibility index (Phi) is 6.81. The molecule has 25 heavy (non-hydrogen) atoms. The molecule has 1 amide bonds. The maximum Gasteiger partial charge on any atom is 0.267 e. The summed E-state index contributed by atoms with van der Waals surface area (Å²) in [6.45, 7) is 0.376. The highest BCUT2D eigenvalue weighted by atomic mass is 35.5. The van der Waals surface area contributed by atoms with Crippen LogP contribution >= 0.6 is 23.2 Å². The zero-order valence-corrected chi connectivity index (χ0v) is 14.5. The number of hydrogen-bond donors (Lipinski definition) is 2. The van der Waals surface area contributed by atoms with Crippen LogP contribution in [0.5, 0.6) is 0 Å². The molecule has 0 heterocycles. The van der Waals surface area contributed by atoms with E-state index in [1.165, 1.54) is 18.3 Å². The number of amides is 1. The largest absolute Gasteiger partial charge is 0.389 e. The van der Waals surface area contributed by atoms with Crippen LogP contribution in [0.4, 0.5) is 10.1 Å². The average molecular weight is 378 g/mol. The first-order chi connectivity index (χ1) is 12.0. The van der Waals surface area contributed by atoms with Gasteiger partial charge in [0, 0.05) is 17.8 Å². The van der Waals surface area contributed by atoms with Gasteiger partial charge in [-0.1, -0.05) is 41.4 Å². The Labute approximate surface area is 154 Å². The number of nitriles is 1. The summed E-state index contributed by atoms with van der Waals surface area (Å²) in [7, 11) is 0. The first kappa shape index (κ1) is 18.8. The molecule has 128 valence electrons. The minimum atomic E-state index is -0.606. The van der Waals surface area contributed by atoms with E-state index >= 15 is 0 Å². The van der Waals surface area contributed by atoms with Gasteiger partial charge in [-0.25, -0.2) is 4.39 Å². The normalized spacial score (nSPS) is 10.9. The second-order valence-electron chi connectivity index (χ2n) is 5.04. The van der Waals surface area contributed by atoms with Crippen molar-refractivity contribution in [3.8, 4) is 6.07 Å². The Balaban J connectivity index is 1.94. The molecule has 2 aromatic carbocycles. The van der Waals surface area contributed by atoms with E-state index in [9.17, 15) is 9.18 Å². The van der Waals surface area contributed by atoms with Crippen LogP contribution in [0.2, 0.25) is 10.0 Å².